The Bertz CT molecular complexity index is 1180. The summed E-state index contributed by atoms with van der Waals surface area (Å²) in [5, 5.41) is 15.5. The number of hydrogen-bond acceptors (Lipinski definition) is 6. The SMILES string of the molecule is Cc1cc(C(C(=O)Nc2c(C)cccc2C)N(C)C(=O)C(CCC(N)=O)NC(=O)OC(C)(C)C)ccc1O. The molecule has 4 amide bonds. The summed E-state index contributed by atoms with van der Waals surface area (Å²) in [6.45, 7) is 10.4. The van der Waals surface area contributed by atoms with Crippen molar-refractivity contribution in [2.45, 2.75) is 72.1 Å². The maximum absolute atomic E-state index is 13.7. The third-order valence-electron chi connectivity index (χ3n) is 5.92. The number of nitrogens with one attached hydrogen (secondary N) is 2. The molecule has 38 heavy (non-hydrogen) atoms. The molecule has 0 spiro atoms. The van der Waals surface area contributed by atoms with Gasteiger partial charge in [0.15, 0.2) is 0 Å². The van der Waals surface area contributed by atoms with Crippen molar-refractivity contribution in [1.82, 2.24) is 10.2 Å². The second kappa shape index (κ2) is 12.4. The highest BCUT2D eigenvalue weighted by atomic mass is 16.6. The lowest BCUT2D eigenvalue weighted by atomic mass is 9.99. The molecule has 0 heterocycles. The summed E-state index contributed by atoms with van der Waals surface area (Å²) in [7, 11) is 1.44. The van der Waals surface area contributed by atoms with Crippen molar-refractivity contribution in [3.8, 4) is 5.75 Å². The molecule has 0 aliphatic rings. The number of aromatic hydroxyl groups is 1. The van der Waals surface area contributed by atoms with E-state index < -0.39 is 41.5 Å². The number of rotatable bonds is 9. The molecule has 0 saturated carbocycles. The normalized spacial score (nSPS) is 12.7. The molecule has 0 bridgehead atoms. The number of phenols is 1. The second-order valence-electron chi connectivity index (χ2n) is 10.4. The zero-order valence-electron chi connectivity index (χ0n) is 23.0. The Labute approximate surface area is 223 Å². The standard InChI is InChI=1S/C28H38N4O6/c1-16-9-8-10-17(2)23(16)31-25(35)24(19-11-13-21(33)18(3)15-19)32(7)26(36)20(12-14-22(29)34)30-27(37)38-28(4,5)6/h8-11,13,15,20,24,33H,12,14H2,1-7H3,(H2,29,34)(H,30,37)(H,31,35). The summed E-state index contributed by atoms with van der Waals surface area (Å²) in [5.74, 6) is -1.71. The fraction of sp³-hybridized carbons (Fsp3) is 0.429. The summed E-state index contributed by atoms with van der Waals surface area (Å²) in [5.41, 5.74) is 7.77. The number of carbonyl (C=O) groups is 4. The van der Waals surface area contributed by atoms with Crippen LogP contribution in [-0.2, 0) is 19.1 Å². The Hall–Kier alpha value is -4.08. The van der Waals surface area contributed by atoms with Crippen LogP contribution in [-0.4, -0.2) is 52.5 Å². The van der Waals surface area contributed by atoms with Gasteiger partial charge in [-0.05, 0) is 82.3 Å². The number of alkyl carbamates (subject to hydrolysis) is 1. The number of hydrogen-bond donors (Lipinski definition) is 4. The summed E-state index contributed by atoms with van der Waals surface area (Å²) in [6, 6.07) is 7.92. The number of carbonyl (C=O) groups excluding carboxylic acids is 4. The Kier molecular flexibility index (Phi) is 9.87. The van der Waals surface area contributed by atoms with E-state index in [0.717, 1.165) is 11.1 Å². The van der Waals surface area contributed by atoms with Gasteiger partial charge in [-0.1, -0.05) is 24.3 Å². The van der Waals surface area contributed by atoms with Crippen LogP contribution >= 0.6 is 0 Å². The van der Waals surface area contributed by atoms with Gasteiger partial charge in [-0.25, -0.2) is 4.79 Å². The predicted octanol–water partition coefficient (Wildman–Crippen LogP) is 3.61. The van der Waals surface area contributed by atoms with Crippen LogP contribution in [0.4, 0.5) is 10.5 Å². The van der Waals surface area contributed by atoms with Gasteiger partial charge in [0.1, 0.15) is 23.4 Å². The van der Waals surface area contributed by atoms with Gasteiger partial charge in [0.05, 0.1) is 0 Å². The smallest absolute Gasteiger partial charge is 0.408 e. The summed E-state index contributed by atoms with van der Waals surface area (Å²) in [4.78, 5) is 52.6. The van der Waals surface area contributed by atoms with E-state index in [1.54, 1.807) is 39.8 Å². The molecule has 2 atom stereocenters. The lowest BCUT2D eigenvalue weighted by Gasteiger charge is -2.32. The van der Waals surface area contributed by atoms with Crippen LogP contribution in [0.5, 0.6) is 5.75 Å². The summed E-state index contributed by atoms with van der Waals surface area (Å²) in [6.07, 6.45) is -1.10. The first-order chi connectivity index (χ1) is 17.6. The molecule has 10 nitrogen and oxygen atoms in total. The Morgan fingerprint density at radius 1 is 1.03 bits per heavy atom. The zero-order valence-corrected chi connectivity index (χ0v) is 23.0. The first-order valence-electron chi connectivity index (χ1n) is 12.3. The number of amides is 4. The summed E-state index contributed by atoms with van der Waals surface area (Å²) >= 11 is 0. The molecule has 0 aliphatic carbocycles. The van der Waals surface area contributed by atoms with Crippen LogP contribution in [0.3, 0.4) is 0 Å². The molecular formula is C28H38N4O6. The number of primary amides is 1. The fourth-order valence-corrected chi connectivity index (χ4v) is 3.97. The average Bonchev–Trinajstić information content (AvgIpc) is 2.79. The van der Waals surface area contributed by atoms with Gasteiger partial charge in [0.2, 0.25) is 11.8 Å². The van der Waals surface area contributed by atoms with Crippen LogP contribution in [0.25, 0.3) is 0 Å². The van der Waals surface area contributed by atoms with E-state index in [1.165, 1.54) is 18.0 Å². The maximum Gasteiger partial charge on any atom is 0.408 e. The fourth-order valence-electron chi connectivity index (χ4n) is 3.97. The molecule has 2 rings (SSSR count). The Morgan fingerprint density at radius 2 is 1.63 bits per heavy atom. The Balaban J connectivity index is 2.47. The van der Waals surface area contributed by atoms with Crippen LogP contribution < -0.4 is 16.4 Å². The molecule has 10 heteroatoms. The van der Waals surface area contributed by atoms with Crippen molar-refractivity contribution < 1.29 is 29.0 Å². The number of anilines is 1. The molecular weight excluding hydrogens is 488 g/mol. The van der Waals surface area contributed by atoms with Gasteiger partial charge < -0.3 is 31.1 Å². The first kappa shape index (κ1) is 30.1. The van der Waals surface area contributed by atoms with Crippen LogP contribution in [0.2, 0.25) is 0 Å². The predicted molar refractivity (Wildman–Crippen MR) is 144 cm³/mol. The quantitative estimate of drug-likeness (QED) is 0.392. The number of benzene rings is 2. The van der Waals surface area contributed by atoms with E-state index in [0.29, 0.717) is 16.8 Å². The van der Waals surface area contributed by atoms with Gasteiger partial charge in [-0.15, -0.1) is 0 Å². The van der Waals surface area contributed by atoms with Gasteiger partial charge in [-0.3, -0.25) is 14.4 Å². The lowest BCUT2D eigenvalue weighted by Crippen LogP contribution is -2.51. The van der Waals surface area contributed by atoms with Crippen molar-refractivity contribution in [1.29, 1.82) is 0 Å². The minimum absolute atomic E-state index is 0.0440. The summed E-state index contributed by atoms with van der Waals surface area (Å²) < 4.78 is 5.29. The average molecular weight is 527 g/mol. The molecule has 0 fully saturated rings. The van der Waals surface area contributed by atoms with Crippen molar-refractivity contribution in [3.63, 3.8) is 0 Å². The highest BCUT2D eigenvalue weighted by molar-refractivity contribution is 6.00. The van der Waals surface area contributed by atoms with E-state index >= 15 is 0 Å². The molecule has 5 N–H and O–H groups in total. The molecule has 0 saturated heterocycles. The van der Waals surface area contributed by atoms with E-state index in [4.69, 9.17) is 10.5 Å². The van der Waals surface area contributed by atoms with Crippen molar-refractivity contribution in [3.05, 3.63) is 58.7 Å². The minimum Gasteiger partial charge on any atom is -0.508 e. The van der Waals surface area contributed by atoms with E-state index in [-0.39, 0.29) is 18.6 Å². The van der Waals surface area contributed by atoms with Crippen molar-refractivity contribution in [2.24, 2.45) is 5.73 Å². The number of para-hydroxylation sites is 1. The number of phenolic OH excluding ortho intramolecular Hbond substituents is 1. The van der Waals surface area contributed by atoms with Crippen LogP contribution in [0.15, 0.2) is 36.4 Å². The highest BCUT2D eigenvalue weighted by Crippen LogP contribution is 2.29. The molecule has 2 unspecified atom stereocenters. The molecule has 206 valence electrons. The van der Waals surface area contributed by atoms with Gasteiger partial charge in [-0.2, -0.15) is 0 Å². The third-order valence-corrected chi connectivity index (χ3v) is 5.92. The minimum atomic E-state index is -1.18. The zero-order chi connectivity index (χ0) is 28.8. The van der Waals surface area contributed by atoms with Gasteiger partial charge >= 0.3 is 6.09 Å². The van der Waals surface area contributed by atoms with Crippen LogP contribution in [0.1, 0.15) is 61.9 Å². The molecule has 2 aromatic carbocycles. The molecule has 0 aromatic heterocycles. The first-order valence-corrected chi connectivity index (χ1v) is 12.3. The Morgan fingerprint density at radius 3 is 2.16 bits per heavy atom. The maximum atomic E-state index is 13.7. The number of likely N-dealkylation sites (N-methyl/N-ethyl adjacent to an activating group) is 1. The van der Waals surface area contributed by atoms with Crippen molar-refractivity contribution in [2.75, 3.05) is 12.4 Å². The molecule has 0 aliphatic heterocycles. The molecule has 0 radical (unpaired) electrons. The third kappa shape index (κ3) is 8.22. The van der Waals surface area contributed by atoms with E-state index in [2.05, 4.69) is 10.6 Å². The topological polar surface area (TPSA) is 151 Å². The largest absolute Gasteiger partial charge is 0.508 e. The molecule has 2 aromatic rings. The van der Waals surface area contributed by atoms with Crippen LogP contribution in [0, 0.1) is 20.8 Å². The van der Waals surface area contributed by atoms with E-state index in [1.807, 2.05) is 32.0 Å². The monoisotopic (exact) mass is 526 g/mol. The van der Waals surface area contributed by atoms with E-state index in [9.17, 15) is 24.3 Å². The number of ether oxygens (including phenoxy) is 1. The lowest BCUT2D eigenvalue weighted by molar-refractivity contribution is -0.139. The second-order valence-corrected chi connectivity index (χ2v) is 10.4. The number of nitrogens with two attached hydrogens (primary N) is 1. The highest BCUT2D eigenvalue weighted by Gasteiger charge is 2.34. The number of nitrogens with zero attached hydrogens (tertiary/aromatic N) is 1. The van der Waals surface area contributed by atoms with Gasteiger partial charge in [0, 0.05) is 19.2 Å². The van der Waals surface area contributed by atoms with Gasteiger partial charge in [0.25, 0.3) is 5.91 Å². The van der Waals surface area contributed by atoms with Crippen molar-refractivity contribution >= 4 is 29.5 Å². The number of aryl methyl sites for hydroxylation is 3.